The van der Waals surface area contributed by atoms with Crippen molar-refractivity contribution in [3.63, 3.8) is 0 Å². The number of nitrogens with zero attached hydrogens (tertiary/aromatic N) is 1. The van der Waals surface area contributed by atoms with Crippen LogP contribution in [0.25, 0.3) is 5.69 Å². The smallest absolute Gasteiger partial charge is 0.417 e. The zero-order chi connectivity index (χ0) is 10.8. The van der Waals surface area contributed by atoms with E-state index in [-0.39, 0.29) is 5.56 Å². The van der Waals surface area contributed by atoms with Gasteiger partial charge in [-0.15, -0.1) is 0 Å². The quantitative estimate of drug-likeness (QED) is 0.697. The molecule has 0 unspecified atom stereocenters. The van der Waals surface area contributed by atoms with Gasteiger partial charge in [-0.2, -0.15) is 0 Å². The van der Waals surface area contributed by atoms with Gasteiger partial charge in [0.2, 0.25) is 0 Å². The van der Waals surface area contributed by atoms with Gasteiger partial charge in [0.1, 0.15) is 6.26 Å². The average molecular weight is 203 g/mol. The molecule has 0 spiro atoms. The predicted molar refractivity (Wildman–Crippen MR) is 55.3 cm³/mol. The van der Waals surface area contributed by atoms with Crippen LogP contribution in [-0.4, -0.2) is 4.57 Å². The lowest BCUT2D eigenvalue weighted by Crippen LogP contribution is -2.31. The maximum atomic E-state index is 11.7. The summed E-state index contributed by atoms with van der Waals surface area (Å²) >= 11 is 0. The Morgan fingerprint density at radius 3 is 2.47 bits per heavy atom. The number of rotatable bonds is 1. The Kier molecular flexibility index (Phi) is 2.25. The molecule has 0 aliphatic heterocycles. The van der Waals surface area contributed by atoms with Crippen molar-refractivity contribution in [3.05, 3.63) is 63.1 Å². The van der Waals surface area contributed by atoms with Gasteiger partial charge in [0.05, 0.1) is 11.3 Å². The molecule has 0 radical (unpaired) electrons. The van der Waals surface area contributed by atoms with Crippen molar-refractivity contribution in [1.29, 1.82) is 0 Å². The number of aryl methyl sites for hydroxylation is 1. The lowest BCUT2D eigenvalue weighted by atomic mass is 10.3. The molecule has 0 atom stereocenters. The Morgan fingerprint density at radius 1 is 1.13 bits per heavy atom. The monoisotopic (exact) mass is 203 g/mol. The molecule has 15 heavy (non-hydrogen) atoms. The maximum Gasteiger partial charge on any atom is 0.426 e. The van der Waals surface area contributed by atoms with Crippen LogP contribution in [0, 0.1) is 6.92 Å². The molecule has 4 nitrogen and oxygen atoms in total. The molecule has 0 N–H and O–H groups in total. The third kappa shape index (κ3) is 1.61. The van der Waals surface area contributed by atoms with Gasteiger partial charge in [0.15, 0.2) is 0 Å². The highest BCUT2D eigenvalue weighted by molar-refractivity contribution is 5.31. The van der Waals surface area contributed by atoms with E-state index < -0.39 is 5.76 Å². The van der Waals surface area contributed by atoms with E-state index in [0.29, 0.717) is 11.3 Å². The minimum absolute atomic E-state index is 0.350. The Morgan fingerprint density at radius 2 is 1.80 bits per heavy atom. The molecular formula is C11H9NO3. The Bertz CT molecular complexity index is 581. The predicted octanol–water partition coefficient (Wildman–Crippen LogP) is 1.10. The van der Waals surface area contributed by atoms with E-state index in [4.69, 9.17) is 4.42 Å². The van der Waals surface area contributed by atoms with Crippen LogP contribution >= 0.6 is 0 Å². The third-order valence-electron chi connectivity index (χ3n) is 2.07. The number of hydrogen-bond acceptors (Lipinski definition) is 3. The second-order valence-corrected chi connectivity index (χ2v) is 3.16. The molecule has 2 aromatic rings. The first-order valence-electron chi connectivity index (χ1n) is 4.47. The fourth-order valence-electron chi connectivity index (χ4n) is 1.30. The summed E-state index contributed by atoms with van der Waals surface area (Å²) in [7, 11) is 0. The third-order valence-corrected chi connectivity index (χ3v) is 2.07. The van der Waals surface area contributed by atoms with E-state index in [9.17, 15) is 9.59 Å². The van der Waals surface area contributed by atoms with Gasteiger partial charge in [0, 0.05) is 0 Å². The summed E-state index contributed by atoms with van der Waals surface area (Å²) < 4.78 is 5.74. The summed E-state index contributed by atoms with van der Waals surface area (Å²) in [4.78, 5) is 23.1. The molecule has 0 saturated carbocycles. The minimum Gasteiger partial charge on any atom is -0.417 e. The van der Waals surface area contributed by atoms with Crippen LogP contribution in [-0.2, 0) is 0 Å². The minimum atomic E-state index is -0.670. The Balaban J connectivity index is 2.80. The molecule has 0 bridgehead atoms. The molecule has 0 saturated heterocycles. The van der Waals surface area contributed by atoms with Gasteiger partial charge in [-0.05, 0) is 19.1 Å². The van der Waals surface area contributed by atoms with Crippen molar-refractivity contribution in [1.82, 2.24) is 4.57 Å². The lowest BCUT2D eigenvalue weighted by molar-refractivity contribution is 0.453. The van der Waals surface area contributed by atoms with Crippen molar-refractivity contribution in [2.24, 2.45) is 0 Å². The van der Waals surface area contributed by atoms with Crippen molar-refractivity contribution in [2.45, 2.75) is 6.92 Å². The van der Waals surface area contributed by atoms with Crippen LogP contribution in [0.1, 0.15) is 5.56 Å². The zero-order valence-corrected chi connectivity index (χ0v) is 8.14. The summed E-state index contributed by atoms with van der Waals surface area (Å²) in [6, 6.07) is 8.68. The van der Waals surface area contributed by atoms with Crippen molar-refractivity contribution >= 4 is 0 Å². The number of benzene rings is 1. The van der Waals surface area contributed by atoms with Crippen LogP contribution in [0.5, 0.6) is 0 Å². The van der Waals surface area contributed by atoms with E-state index in [1.807, 2.05) is 6.07 Å². The molecule has 0 fully saturated rings. The second-order valence-electron chi connectivity index (χ2n) is 3.16. The average Bonchev–Trinajstić information content (AvgIpc) is 2.26. The molecule has 0 aliphatic rings. The van der Waals surface area contributed by atoms with Gasteiger partial charge in [0.25, 0.3) is 5.56 Å². The van der Waals surface area contributed by atoms with E-state index in [1.165, 1.54) is 6.26 Å². The first-order chi connectivity index (χ1) is 7.20. The number of aromatic nitrogens is 1. The van der Waals surface area contributed by atoms with Gasteiger partial charge in [-0.1, -0.05) is 18.2 Å². The fourth-order valence-corrected chi connectivity index (χ4v) is 1.30. The topological polar surface area (TPSA) is 52.2 Å². The standard InChI is InChI=1S/C11H9NO3/c1-8-7-15-11(14)12(10(8)13)9-5-3-2-4-6-9/h2-7H,1H3. The summed E-state index contributed by atoms with van der Waals surface area (Å²) in [6.07, 6.45) is 1.17. The van der Waals surface area contributed by atoms with Gasteiger partial charge < -0.3 is 4.42 Å². The van der Waals surface area contributed by atoms with Gasteiger partial charge >= 0.3 is 5.76 Å². The van der Waals surface area contributed by atoms with Crippen molar-refractivity contribution in [3.8, 4) is 5.69 Å². The maximum absolute atomic E-state index is 11.7. The van der Waals surface area contributed by atoms with E-state index in [0.717, 1.165) is 4.57 Å². The molecule has 1 aromatic carbocycles. The summed E-state index contributed by atoms with van der Waals surface area (Å²) in [5.74, 6) is -0.670. The normalized spacial score (nSPS) is 10.2. The second kappa shape index (κ2) is 3.57. The largest absolute Gasteiger partial charge is 0.426 e. The SMILES string of the molecule is Cc1coc(=O)n(-c2ccccc2)c1=O. The molecule has 2 rings (SSSR count). The molecular weight excluding hydrogens is 194 g/mol. The van der Waals surface area contributed by atoms with Gasteiger partial charge in [-0.25, -0.2) is 9.36 Å². The first-order valence-corrected chi connectivity index (χ1v) is 4.47. The van der Waals surface area contributed by atoms with Crippen LogP contribution < -0.4 is 11.3 Å². The van der Waals surface area contributed by atoms with Crippen LogP contribution in [0.15, 0.2) is 50.6 Å². The molecule has 1 heterocycles. The van der Waals surface area contributed by atoms with Crippen LogP contribution in [0.4, 0.5) is 0 Å². The lowest BCUT2D eigenvalue weighted by Gasteiger charge is -2.02. The van der Waals surface area contributed by atoms with Crippen LogP contribution in [0.3, 0.4) is 0 Å². The first kappa shape index (κ1) is 9.45. The summed E-state index contributed by atoms with van der Waals surface area (Å²) in [5, 5.41) is 0. The summed E-state index contributed by atoms with van der Waals surface area (Å²) in [5.41, 5.74) is 0.566. The van der Waals surface area contributed by atoms with Crippen molar-refractivity contribution < 1.29 is 4.42 Å². The molecule has 1 aromatic heterocycles. The molecule has 4 heteroatoms. The molecule has 76 valence electrons. The van der Waals surface area contributed by atoms with Crippen molar-refractivity contribution in [2.75, 3.05) is 0 Å². The van der Waals surface area contributed by atoms with E-state index in [1.54, 1.807) is 31.2 Å². The number of hydrogen-bond donors (Lipinski definition) is 0. The fraction of sp³-hybridized carbons (Fsp3) is 0.0909. The van der Waals surface area contributed by atoms with Crippen LogP contribution in [0.2, 0.25) is 0 Å². The highest BCUT2D eigenvalue weighted by Gasteiger charge is 2.06. The Labute approximate surface area is 85.4 Å². The molecule has 0 amide bonds. The van der Waals surface area contributed by atoms with E-state index in [2.05, 4.69) is 0 Å². The zero-order valence-electron chi connectivity index (χ0n) is 8.14. The summed E-state index contributed by atoms with van der Waals surface area (Å²) in [6.45, 7) is 1.60. The molecule has 0 aliphatic carbocycles. The highest BCUT2D eigenvalue weighted by Crippen LogP contribution is 2.00. The number of para-hydroxylation sites is 1. The van der Waals surface area contributed by atoms with Gasteiger partial charge in [-0.3, -0.25) is 4.79 Å². The highest BCUT2D eigenvalue weighted by atomic mass is 16.4. The van der Waals surface area contributed by atoms with E-state index >= 15 is 0 Å². The Hall–Kier alpha value is -2.10.